The zero-order valence-corrected chi connectivity index (χ0v) is 16.3. The number of benzene rings is 2. The Morgan fingerprint density at radius 1 is 1.20 bits per heavy atom. The largest absolute Gasteiger partial charge is 0.488 e. The van der Waals surface area contributed by atoms with Crippen molar-refractivity contribution in [1.29, 1.82) is 0 Å². The van der Waals surface area contributed by atoms with Crippen LogP contribution in [0.4, 0.5) is 4.79 Å². The molecule has 0 unspecified atom stereocenters. The van der Waals surface area contributed by atoms with Crippen LogP contribution < -0.4 is 4.74 Å². The van der Waals surface area contributed by atoms with E-state index in [1.807, 2.05) is 30.3 Å². The van der Waals surface area contributed by atoms with Crippen LogP contribution in [0.1, 0.15) is 11.1 Å². The second-order valence-electron chi connectivity index (χ2n) is 5.34. The summed E-state index contributed by atoms with van der Waals surface area (Å²) in [4.78, 5) is 25.2. The van der Waals surface area contributed by atoms with Gasteiger partial charge in [-0.3, -0.25) is 14.5 Å². The van der Waals surface area contributed by atoms with Crippen LogP contribution >= 0.6 is 39.3 Å². The molecule has 0 atom stereocenters. The van der Waals surface area contributed by atoms with Crippen molar-refractivity contribution in [2.45, 2.75) is 6.61 Å². The molecule has 25 heavy (non-hydrogen) atoms. The van der Waals surface area contributed by atoms with E-state index in [9.17, 15) is 9.59 Å². The Bertz CT molecular complexity index is 867. The third-order valence-electron chi connectivity index (χ3n) is 3.55. The van der Waals surface area contributed by atoms with Gasteiger partial charge in [-0.25, -0.2) is 0 Å². The number of carbonyl (C=O) groups is 2. The number of likely N-dealkylation sites (N-methyl/N-ethyl adjacent to an activating group) is 1. The second kappa shape index (κ2) is 7.64. The number of nitrogens with zero attached hydrogens (tertiary/aromatic N) is 1. The first-order valence-corrected chi connectivity index (χ1v) is 9.31. The number of hydrogen-bond acceptors (Lipinski definition) is 4. The van der Waals surface area contributed by atoms with E-state index in [0.29, 0.717) is 22.3 Å². The van der Waals surface area contributed by atoms with Crippen LogP contribution in [0.5, 0.6) is 5.75 Å². The molecule has 1 fully saturated rings. The first-order chi connectivity index (χ1) is 11.9. The Morgan fingerprint density at radius 2 is 1.92 bits per heavy atom. The van der Waals surface area contributed by atoms with Crippen LogP contribution in [0.25, 0.3) is 6.08 Å². The Kier molecular flexibility index (Phi) is 5.51. The molecule has 1 heterocycles. The maximum atomic E-state index is 12.1. The molecule has 2 amide bonds. The van der Waals surface area contributed by atoms with Gasteiger partial charge in [-0.05, 0) is 53.7 Å². The van der Waals surface area contributed by atoms with E-state index in [2.05, 4.69) is 15.9 Å². The van der Waals surface area contributed by atoms with E-state index in [-0.39, 0.29) is 11.1 Å². The van der Waals surface area contributed by atoms with E-state index < -0.39 is 0 Å². The highest BCUT2D eigenvalue weighted by Crippen LogP contribution is 2.34. The van der Waals surface area contributed by atoms with Gasteiger partial charge in [-0.15, -0.1) is 0 Å². The summed E-state index contributed by atoms with van der Waals surface area (Å²) >= 11 is 10.2. The first kappa shape index (κ1) is 18.0. The molecular weight excluding hydrogens is 426 g/mol. The van der Waals surface area contributed by atoms with Gasteiger partial charge in [0.05, 0.1) is 4.91 Å². The smallest absolute Gasteiger partial charge is 0.293 e. The van der Waals surface area contributed by atoms with E-state index >= 15 is 0 Å². The summed E-state index contributed by atoms with van der Waals surface area (Å²) in [6.45, 7) is 0.370. The summed E-state index contributed by atoms with van der Waals surface area (Å²) in [6, 6.07) is 12.9. The Hall–Kier alpha value is -1.76. The molecule has 2 aromatic carbocycles. The zero-order chi connectivity index (χ0) is 18.0. The lowest BCUT2D eigenvalue weighted by Crippen LogP contribution is -2.22. The van der Waals surface area contributed by atoms with Crippen LogP contribution in [-0.2, 0) is 11.4 Å². The predicted octanol–water partition coefficient (Wildman–Crippen LogP) is 5.35. The van der Waals surface area contributed by atoms with Crippen molar-refractivity contribution < 1.29 is 14.3 Å². The van der Waals surface area contributed by atoms with Gasteiger partial charge in [0.25, 0.3) is 11.1 Å². The minimum atomic E-state index is -0.307. The molecule has 1 aliphatic heterocycles. The number of thioether (sulfide) groups is 1. The highest BCUT2D eigenvalue weighted by atomic mass is 79.9. The third-order valence-corrected chi connectivity index (χ3v) is 5.26. The van der Waals surface area contributed by atoms with Crippen molar-refractivity contribution in [3.8, 4) is 5.75 Å². The van der Waals surface area contributed by atoms with Crippen molar-refractivity contribution in [3.63, 3.8) is 0 Å². The van der Waals surface area contributed by atoms with Crippen molar-refractivity contribution in [3.05, 3.63) is 68.0 Å². The van der Waals surface area contributed by atoms with Gasteiger partial charge in [-0.2, -0.15) is 0 Å². The topological polar surface area (TPSA) is 46.6 Å². The molecule has 0 saturated carbocycles. The molecule has 2 aromatic rings. The maximum Gasteiger partial charge on any atom is 0.293 e. The van der Waals surface area contributed by atoms with E-state index in [0.717, 1.165) is 32.3 Å². The lowest BCUT2D eigenvalue weighted by molar-refractivity contribution is -0.121. The highest BCUT2D eigenvalue weighted by Gasteiger charge is 2.32. The summed E-state index contributed by atoms with van der Waals surface area (Å²) in [5, 5.41) is 0.387. The summed E-state index contributed by atoms with van der Waals surface area (Å²) in [6.07, 6.45) is 1.68. The third kappa shape index (κ3) is 4.26. The highest BCUT2D eigenvalue weighted by molar-refractivity contribution is 9.10. The number of imide groups is 1. The number of rotatable bonds is 4. The van der Waals surface area contributed by atoms with Gasteiger partial charge in [0.2, 0.25) is 0 Å². The second-order valence-corrected chi connectivity index (χ2v) is 7.68. The average Bonchev–Trinajstić information content (AvgIpc) is 2.83. The lowest BCUT2D eigenvalue weighted by atomic mass is 10.1. The molecule has 7 heteroatoms. The van der Waals surface area contributed by atoms with Crippen LogP contribution in [0.2, 0.25) is 5.02 Å². The summed E-state index contributed by atoms with van der Waals surface area (Å²) in [5.41, 5.74) is 1.70. The quantitative estimate of drug-likeness (QED) is 0.604. The molecule has 0 aromatic heterocycles. The summed E-state index contributed by atoms with van der Waals surface area (Å²) in [7, 11) is 1.47. The molecule has 0 bridgehead atoms. The van der Waals surface area contributed by atoms with Gasteiger partial charge in [0.15, 0.2) is 0 Å². The van der Waals surface area contributed by atoms with Gasteiger partial charge < -0.3 is 4.74 Å². The Balaban J connectivity index is 1.84. The van der Waals surface area contributed by atoms with Gasteiger partial charge in [-0.1, -0.05) is 39.7 Å². The summed E-state index contributed by atoms with van der Waals surface area (Å²) in [5.74, 6) is 0.319. The number of amides is 2. The maximum absolute atomic E-state index is 12.1. The van der Waals surface area contributed by atoms with Crippen LogP contribution in [0, 0.1) is 0 Å². The normalized spacial score (nSPS) is 16.0. The molecule has 3 rings (SSSR count). The predicted molar refractivity (Wildman–Crippen MR) is 104 cm³/mol. The molecule has 0 radical (unpaired) electrons. The molecule has 0 aliphatic carbocycles. The first-order valence-electron chi connectivity index (χ1n) is 7.32. The monoisotopic (exact) mass is 437 g/mol. The van der Waals surface area contributed by atoms with Crippen molar-refractivity contribution in [1.82, 2.24) is 4.90 Å². The van der Waals surface area contributed by atoms with Gasteiger partial charge in [0.1, 0.15) is 12.4 Å². The van der Waals surface area contributed by atoms with Crippen molar-refractivity contribution in [2.75, 3.05) is 7.05 Å². The van der Waals surface area contributed by atoms with E-state index in [1.54, 1.807) is 18.2 Å². The number of carbonyl (C=O) groups excluding carboxylic acids is 2. The van der Waals surface area contributed by atoms with Crippen molar-refractivity contribution >= 4 is 56.5 Å². The fraction of sp³-hybridized carbons (Fsp3) is 0.111. The number of ether oxygens (including phenoxy) is 1. The minimum Gasteiger partial charge on any atom is -0.488 e. The minimum absolute atomic E-state index is 0.283. The van der Waals surface area contributed by atoms with Gasteiger partial charge >= 0.3 is 0 Å². The van der Waals surface area contributed by atoms with Crippen LogP contribution in [0.15, 0.2) is 51.8 Å². The standard InChI is InChI=1S/C18H13BrClNO3S/c1-21-17(22)16(25-18(21)23)9-12-8-13(19)4-7-15(12)24-10-11-2-5-14(20)6-3-11/h2-9H,10H2,1H3/b16-9-. The zero-order valence-electron chi connectivity index (χ0n) is 13.2. The average molecular weight is 439 g/mol. The Morgan fingerprint density at radius 3 is 2.56 bits per heavy atom. The summed E-state index contributed by atoms with van der Waals surface area (Å²) < 4.78 is 6.74. The molecule has 128 valence electrons. The Labute approximate surface area is 162 Å². The molecule has 0 N–H and O–H groups in total. The van der Waals surface area contributed by atoms with Crippen LogP contribution in [0.3, 0.4) is 0 Å². The van der Waals surface area contributed by atoms with Gasteiger partial charge in [0, 0.05) is 22.1 Å². The van der Waals surface area contributed by atoms with E-state index in [4.69, 9.17) is 16.3 Å². The van der Waals surface area contributed by atoms with Crippen LogP contribution in [-0.4, -0.2) is 23.1 Å². The number of halogens is 2. The molecule has 4 nitrogen and oxygen atoms in total. The molecule has 0 spiro atoms. The fourth-order valence-electron chi connectivity index (χ4n) is 2.19. The SMILES string of the molecule is CN1C(=O)S/C(=C\c2cc(Br)ccc2OCc2ccc(Cl)cc2)C1=O. The van der Waals surface area contributed by atoms with E-state index in [1.165, 1.54) is 7.05 Å². The fourth-order valence-corrected chi connectivity index (χ4v) is 3.51. The van der Waals surface area contributed by atoms with Crippen molar-refractivity contribution in [2.24, 2.45) is 0 Å². The molecule has 1 aliphatic rings. The molecule has 1 saturated heterocycles. The molecular formula is C18H13BrClNO3S. The number of hydrogen-bond donors (Lipinski definition) is 0. The lowest BCUT2D eigenvalue weighted by Gasteiger charge is -2.10.